The molecule has 8 nitrogen and oxygen atoms in total. The maximum Gasteiger partial charge on any atom is 0.302 e. The molecule has 0 bridgehead atoms. The SMILES string of the molecule is COCCCCn1c(C(=O)N(CC(C)C)[C@@H]2CNC[C@H](COC(C)=O)C2)nc2ccccc21.Cl.Cl. The van der Waals surface area contributed by atoms with E-state index in [9.17, 15) is 9.59 Å². The van der Waals surface area contributed by atoms with Crippen LogP contribution in [-0.2, 0) is 20.8 Å². The summed E-state index contributed by atoms with van der Waals surface area (Å²) in [5, 5.41) is 3.43. The number of esters is 1. The highest BCUT2D eigenvalue weighted by molar-refractivity contribution is 5.95. The van der Waals surface area contributed by atoms with Crippen LogP contribution in [0.25, 0.3) is 11.0 Å². The number of methoxy groups -OCH3 is 1. The highest BCUT2D eigenvalue weighted by Gasteiger charge is 2.33. The van der Waals surface area contributed by atoms with E-state index in [-0.39, 0.29) is 48.7 Å². The van der Waals surface area contributed by atoms with Crippen molar-refractivity contribution in [2.45, 2.75) is 52.6 Å². The number of ether oxygens (including phenoxy) is 2. The number of hydrogen-bond acceptors (Lipinski definition) is 6. The van der Waals surface area contributed by atoms with E-state index in [0.717, 1.165) is 49.9 Å². The highest BCUT2D eigenvalue weighted by atomic mass is 35.5. The number of piperidine rings is 1. The molecule has 1 aromatic carbocycles. The van der Waals surface area contributed by atoms with E-state index in [1.54, 1.807) is 7.11 Å². The quantitative estimate of drug-likeness (QED) is 0.349. The number of unbranched alkanes of at least 4 members (excludes halogenated alkanes) is 1. The Morgan fingerprint density at radius 1 is 1.20 bits per heavy atom. The number of rotatable bonds is 11. The average Bonchev–Trinajstić information content (AvgIpc) is 3.17. The number of halogens is 2. The first kappa shape index (κ1) is 31.2. The van der Waals surface area contributed by atoms with Gasteiger partial charge in [-0.2, -0.15) is 0 Å². The summed E-state index contributed by atoms with van der Waals surface area (Å²) in [4.78, 5) is 31.9. The second-order valence-electron chi connectivity index (χ2n) is 9.34. The Balaban J connectivity index is 0.00000306. The summed E-state index contributed by atoms with van der Waals surface area (Å²) in [6.45, 7) is 9.64. The molecule has 3 rings (SSSR count). The number of aryl methyl sites for hydroxylation is 1. The smallest absolute Gasteiger partial charge is 0.302 e. The molecule has 198 valence electrons. The second-order valence-corrected chi connectivity index (χ2v) is 9.34. The summed E-state index contributed by atoms with van der Waals surface area (Å²) in [6, 6.07) is 7.95. The van der Waals surface area contributed by atoms with Gasteiger partial charge in [-0.25, -0.2) is 4.98 Å². The zero-order valence-electron chi connectivity index (χ0n) is 21.2. The lowest BCUT2D eigenvalue weighted by Gasteiger charge is -2.38. The van der Waals surface area contributed by atoms with Gasteiger partial charge in [-0.3, -0.25) is 9.59 Å². The normalized spacial score (nSPS) is 17.5. The van der Waals surface area contributed by atoms with E-state index in [1.807, 2.05) is 29.2 Å². The molecular weight excluding hydrogens is 491 g/mol. The maximum atomic E-state index is 13.9. The number of para-hydroxylation sites is 2. The number of imidazole rings is 1. The Labute approximate surface area is 220 Å². The van der Waals surface area contributed by atoms with Gasteiger partial charge in [0.1, 0.15) is 0 Å². The van der Waals surface area contributed by atoms with Crippen LogP contribution >= 0.6 is 24.8 Å². The Kier molecular flexibility index (Phi) is 13.6. The average molecular weight is 532 g/mol. The van der Waals surface area contributed by atoms with Gasteiger partial charge in [-0.05, 0) is 37.3 Å². The molecule has 2 atom stereocenters. The van der Waals surface area contributed by atoms with Gasteiger partial charge in [0.2, 0.25) is 0 Å². The summed E-state index contributed by atoms with van der Waals surface area (Å²) < 4.78 is 12.5. The first-order valence-electron chi connectivity index (χ1n) is 12.0. The van der Waals surface area contributed by atoms with Gasteiger partial charge in [0.25, 0.3) is 5.91 Å². The largest absolute Gasteiger partial charge is 0.466 e. The second kappa shape index (κ2) is 15.3. The van der Waals surface area contributed by atoms with Crippen molar-refractivity contribution < 1.29 is 19.1 Å². The van der Waals surface area contributed by atoms with Crippen LogP contribution in [0.5, 0.6) is 0 Å². The number of amides is 1. The van der Waals surface area contributed by atoms with Crippen molar-refractivity contribution in [2.75, 3.05) is 40.0 Å². The fraction of sp³-hybridized carbons (Fsp3) is 0.640. The van der Waals surface area contributed by atoms with Crippen molar-refractivity contribution in [1.82, 2.24) is 19.8 Å². The van der Waals surface area contributed by atoms with Crippen molar-refractivity contribution in [3.8, 4) is 0 Å². The minimum absolute atomic E-state index is 0. The van der Waals surface area contributed by atoms with Crippen LogP contribution in [0.2, 0.25) is 0 Å². The van der Waals surface area contributed by atoms with Gasteiger partial charge in [0.15, 0.2) is 5.82 Å². The molecule has 1 aliphatic heterocycles. The lowest BCUT2D eigenvalue weighted by Crippen LogP contribution is -2.53. The van der Waals surface area contributed by atoms with E-state index < -0.39 is 0 Å². The summed E-state index contributed by atoms with van der Waals surface area (Å²) in [7, 11) is 1.71. The van der Waals surface area contributed by atoms with Gasteiger partial charge in [-0.15, -0.1) is 24.8 Å². The van der Waals surface area contributed by atoms with Crippen molar-refractivity contribution in [3.63, 3.8) is 0 Å². The van der Waals surface area contributed by atoms with Crippen LogP contribution in [0.15, 0.2) is 24.3 Å². The molecule has 1 aliphatic rings. The number of nitrogens with one attached hydrogen (secondary N) is 1. The Hall–Kier alpha value is -1.87. The first-order valence-corrected chi connectivity index (χ1v) is 12.0. The number of hydrogen-bond donors (Lipinski definition) is 1. The van der Waals surface area contributed by atoms with Crippen molar-refractivity contribution in [1.29, 1.82) is 0 Å². The molecule has 1 aromatic heterocycles. The molecule has 0 radical (unpaired) electrons. The predicted octanol–water partition coefficient (Wildman–Crippen LogP) is 3.95. The molecule has 1 amide bonds. The summed E-state index contributed by atoms with van der Waals surface area (Å²) in [5.74, 6) is 0.697. The van der Waals surface area contributed by atoms with Gasteiger partial charge in [0, 0.05) is 58.8 Å². The lowest BCUT2D eigenvalue weighted by atomic mass is 9.94. The van der Waals surface area contributed by atoms with E-state index in [4.69, 9.17) is 14.5 Å². The minimum Gasteiger partial charge on any atom is -0.466 e. The highest BCUT2D eigenvalue weighted by Crippen LogP contribution is 2.23. The van der Waals surface area contributed by atoms with Crippen LogP contribution in [-0.4, -0.2) is 72.3 Å². The molecule has 2 aromatic rings. The fourth-order valence-electron chi connectivity index (χ4n) is 4.51. The molecule has 35 heavy (non-hydrogen) atoms. The van der Waals surface area contributed by atoms with Gasteiger partial charge >= 0.3 is 5.97 Å². The molecular formula is C25H40Cl2N4O4. The van der Waals surface area contributed by atoms with Gasteiger partial charge in [-0.1, -0.05) is 26.0 Å². The molecule has 1 fully saturated rings. The zero-order chi connectivity index (χ0) is 23.8. The molecule has 10 heteroatoms. The molecule has 0 aliphatic carbocycles. The Bertz CT molecular complexity index is 937. The summed E-state index contributed by atoms with van der Waals surface area (Å²) >= 11 is 0. The summed E-state index contributed by atoms with van der Waals surface area (Å²) in [6.07, 6.45) is 2.64. The third-order valence-electron chi connectivity index (χ3n) is 6.03. The number of carbonyl (C=O) groups excluding carboxylic acids is 2. The van der Waals surface area contributed by atoms with Gasteiger partial charge < -0.3 is 24.3 Å². The van der Waals surface area contributed by atoms with E-state index in [1.165, 1.54) is 6.92 Å². The Morgan fingerprint density at radius 3 is 2.63 bits per heavy atom. The van der Waals surface area contributed by atoms with Crippen LogP contribution in [0.3, 0.4) is 0 Å². The molecule has 1 N–H and O–H groups in total. The number of aromatic nitrogens is 2. The van der Waals surface area contributed by atoms with Crippen LogP contribution in [0.4, 0.5) is 0 Å². The van der Waals surface area contributed by atoms with Crippen LogP contribution < -0.4 is 5.32 Å². The standard InChI is InChI=1S/C25H38N4O4.2ClH/c1-18(2)16-29(21-13-20(14-26-15-21)17-33-19(3)30)25(31)24-27-22-9-5-6-10-23(22)28(24)11-7-8-12-32-4;;/h5-6,9-10,18,20-21,26H,7-8,11-17H2,1-4H3;2*1H/t20-,21+;;/m1../s1. The van der Waals surface area contributed by atoms with Crippen LogP contribution in [0.1, 0.15) is 50.7 Å². The minimum atomic E-state index is -0.269. The van der Waals surface area contributed by atoms with Crippen LogP contribution in [0, 0.1) is 11.8 Å². The van der Waals surface area contributed by atoms with Crippen molar-refractivity contribution in [2.24, 2.45) is 11.8 Å². The van der Waals surface area contributed by atoms with E-state index in [0.29, 0.717) is 31.5 Å². The first-order chi connectivity index (χ1) is 15.9. The number of benzene rings is 1. The number of fused-ring (bicyclic) bond motifs is 1. The number of nitrogens with zero attached hydrogens (tertiary/aromatic N) is 3. The van der Waals surface area contributed by atoms with Crippen molar-refractivity contribution >= 4 is 47.7 Å². The third-order valence-corrected chi connectivity index (χ3v) is 6.03. The third kappa shape index (κ3) is 8.63. The van der Waals surface area contributed by atoms with Crippen molar-refractivity contribution in [3.05, 3.63) is 30.1 Å². The van der Waals surface area contributed by atoms with E-state index >= 15 is 0 Å². The number of carbonyl (C=O) groups is 2. The fourth-order valence-corrected chi connectivity index (χ4v) is 4.51. The predicted molar refractivity (Wildman–Crippen MR) is 143 cm³/mol. The zero-order valence-corrected chi connectivity index (χ0v) is 22.8. The lowest BCUT2D eigenvalue weighted by molar-refractivity contribution is -0.142. The van der Waals surface area contributed by atoms with E-state index in [2.05, 4.69) is 23.7 Å². The molecule has 0 spiro atoms. The van der Waals surface area contributed by atoms with Gasteiger partial charge in [0.05, 0.1) is 17.6 Å². The Morgan fingerprint density at radius 2 is 1.94 bits per heavy atom. The topological polar surface area (TPSA) is 85.7 Å². The molecule has 1 saturated heterocycles. The molecule has 0 unspecified atom stereocenters. The monoisotopic (exact) mass is 530 g/mol. The maximum absolute atomic E-state index is 13.9. The molecule has 2 heterocycles. The summed E-state index contributed by atoms with van der Waals surface area (Å²) in [5.41, 5.74) is 1.82. The molecule has 0 saturated carbocycles.